The minimum absolute atomic E-state index is 0.00385. The number of amides is 2. The normalized spacial score (nSPS) is 13.2. The zero-order valence-electron chi connectivity index (χ0n) is 20.8. The van der Waals surface area contributed by atoms with Crippen molar-refractivity contribution < 1.29 is 23.9 Å². The summed E-state index contributed by atoms with van der Waals surface area (Å²) in [6.45, 7) is 6.44. The number of ether oxygens (including phenoxy) is 2. The fraction of sp³-hybridized carbons (Fsp3) is 0.444. The van der Waals surface area contributed by atoms with Gasteiger partial charge < -0.3 is 19.3 Å². The van der Waals surface area contributed by atoms with Crippen molar-refractivity contribution >= 4 is 35.1 Å². The predicted molar refractivity (Wildman–Crippen MR) is 136 cm³/mol. The number of Topliss-reactive ketones (excluding diaryl/α,β-unsaturated/α-hetero) is 1. The number of anilines is 1. The first-order valence-corrected chi connectivity index (χ1v) is 12.2. The van der Waals surface area contributed by atoms with Crippen molar-refractivity contribution in [1.82, 2.24) is 4.90 Å². The van der Waals surface area contributed by atoms with Crippen molar-refractivity contribution in [2.45, 2.75) is 52.1 Å². The lowest BCUT2D eigenvalue weighted by Gasteiger charge is -2.27. The molecule has 7 nitrogen and oxygen atoms in total. The van der Waals surface area contributed by atoms with Gasteiger partial charge in [0.1, 0.15) is 11.4 Å². The van der Waals surface area contributed by atoms with Crippen molar-refractivity contribution in [2.75, 3.05) is 31.6 Å². The molecule has 1 aliphatic heterocycles. The van der Waals surface area contributed by atoms with Gasteiger partial charge in [-0.05, 0) is 69.9 Å². The Morgan fingerprint density at radius 3 is 2.57 bits per heavy atom. The molecule has 1 heterocycles. The Kier molecular flexibility index (Phi) is 8.78. The van der Waals surface area contributed by atoms with Gasteiger partial charge in [-0.25, -0.2) is 4.79 Å². The first kappa shape index (κ1) is 26.5. The molecule has 8 heteroatoms. The number of nitrogens with zero attached hydrogens (tertiary/aromatic N) is 2. The summed E-state index contributed by atoms with van der Waals surface area (Å²) in [4.78, 5) is 40.5. The fourth-order valence-corrected chi connectivity index (χ4v) is 3.99. The third-order valence-corrected chi connectivity index (χ3v) is 6.08. The number of unbranched alkanes of at least 4 members (excludes halogenated alkanes) is 1. The van der Waals surface area contributed by atoms with Crippen molar-refractivity contribution in [1.29, 1.82) is 0 Å². The average Bonchev–Trinajstić information content (AvgIpc) is 2.80. The van der Waals surface area contributed by atoms with Crippen molar-refractivity contribution in [3.8, 4) is 5.75 Å². The second kappa shape index (κ2) is 11.6. The molecule has 2 aromatic carbocycles. The molecule has 0 bridgehead atoms. The summed E-state index contributed by atoms with van der Waals surface area (Å²) in [5.41, 5.74) is 1.58. The molecule has 0 spiro atoms. The lowest BCUT2D eigenvalue weighted by atomic mass is 10.0. The number of ketones is 1. The molecule has 2 aromatic rings. The largest absolute Gasteiger partial charge is 0.482 e. The standard InChI is InChI=1S/C27H33ClN2O5/c1-27(2,3)35-26(33)30(16-14-19-9-5-6-10-21(19)28)15-8-7-11-23(31)20-12-13-22-24(17-20)34-18-25(32)29(22)4/h5-6,9-10,12-13,17H,7-8,11,14-16,18H2,1-4H3. The van der Waals surface area contributed by atoms with Gasteiger partial charge in [-0.2, -0.15) is 0 Å². The molecule has 2 amide bonds. The highest BCUT2D eigenvalue weighted by Crippen LogP contribution is 2.32. The molecular formula is C27H33ClN2O5. The van der Waals surface area contributed by atoms with Gasteiger partial charge in [0.2, 0.25) is 0 Å². The quantitative estimate of drug-likeness (QED) is 0.334. The molecule has 1 aliphatic rings. The van der Waals surface area contributed by atoms with Crippen LogP contribution < -0.4 is 9.64 Å². The minimum atomic E-state index is -0.594. The monoisotopic (exact) mass is 500 g/mol. The van der Waals surface area contributed by atoms with Crippen LogP contribution >= 0.6 is 11.6 Å². The van der Waals surface area contributed by atoms with Gasteiger partial charge in [0, 0.05) is 37.1 Å². The third-order valence-electron chi connectivity index (χ3n) is 5.71. The van der Waals surface area contributed by atoms with E-state index in [9.17, 15) is 14.4 Å². The number of carbonyl (C=O) groups excluding carboxylic acids is 3. The molecule has 0 unspecified atom stereocenters. The van der Waals surface area contributed by atoms with Crippen LogP contribution in [0.15, 0.2) is 42.5 Å². The highest BCUT2D eigenvalue weighted by Gasteiger charge is 2.24. The highest BCUT2D eigenvalue weighted by molar-refractivity contribution is 6.31. The fourth-order valence-electron chi connectivity index (χ4n) is 3.76. The van der Waals surface area contributed by atoms with Gasteiger partial charge in [-0.3, -0.25) is 9.59 Å². The van der Waals surface area contributed by atoms with Gasteiger partial charge in [-0.15, -0.1) is 0 Å². The molecule has 0 saturated heterocycles. The van der Waals surface area contributed by atoms with Gasteiger partial charge in [0.05, 0.1) is 5.69 Å². The molecule has 0 aliphatic carbocycles. The molecular weight excluding hydrogens is 468 g/mol. The Morgan fingerprint density at radius 1 is 1.11 bits per heavy atom. The summed E-state index contributed by atoms with van der Waals surface area (Å²) in [5.74, 6) is 0.408. The van der Waals surface area contributed by atoms with Crippen LogP contribution in [0, 0.1) is 0 Å². The van der Waals surface area contributed by atoms with E-state index in [1.54, 1.807) is 30.1 Å². The zero-order chi connectivity index (χ0) is 25.6. The Hall–Kier alpha value is -3.06. The molecule has 0 radical (unpaired) electrons. The summed E-state index contributed by atoms with van der Waals surface area (Å²) in [5, 5.41) is 0.673. The minimum Gasteiger partial charge on any atom is -0.482 e. The van der Waals surface area contributed by atoms with Gasteiger partial charge in [0.15, 0.2) is 12.4 Å². The van der Waals surface area contributed by atoms with E-state index in [-0.39, 0.29) is 24.4 Å². The summed E-state index contributed by atoms with van der Waals surface area (Å²) in [6.07, 6.45) is 1.87. The number of fused-ring (bicyclic) bond motifs is 1. The van der Waals surface area contributed by atoms with Crippen LogP contribution in [0.5, 0.6) is 5.75 Å². The Morgan fingerprint density at radius 2 is 1.86 bits per heavy atom. The molecule has 0 aromatic heterocycles. The number of halogens is 1. The van der Waals surface area contributed by atoms with Crippen LogP contribution in [0.4, 0.5) is 10.5 Å². The molecule has 3 rings (SSSR count). The Balaban J connectivity index is 1.55. The maximum atomic E-state index is 12.8. The number of benzene rings is 2. The second-order valence-corrected chi connectivity index (χ2v) is 10.0. The summed E-state index contributed by atoms with van der Waals surface area (Å²) >= 11 is 6.27. The predicted octanol–water partition coefficient (Wildman–Crippen LogP) is 5.53. The smallest absolute Gasteiger partial charge is 0.410 e. The molecule has 0 fully saturated rings. The van der Waals surface area contributed by atoms with E-state index in [0.29, 0.717) is 60.8 Å². The molecule has 35 heavy (non-hydrogen) atoms. The van der Waals surface area contributed by atoms with E-state index in [1.165, 1.54) is 4.90 Å². The lowest BCUT2D eigenvalue weighted by Crippen LogP contribution is -2.38. The van der Waals surface area contributed by atoms with Crippen LogP contribution in [0.2, 0.25) is 5.02 Å². The zero-order valence-corrected chi connectivity index (χ0v) is 21.6. The number of hydrogen-bond donors (Lipinski definition) is 0. The molecule has 0 atom stereocenters. The van der Waals surface area contributed by atoms with E-state index in [0.717, 1.165) is 5.56 Å². The van der Waals surface area contributed by atoms with E-state index in [4.69, 9.17) is 21.1 Å². The maximum Gasteiger partial charge on any atom is 0.410 e. The summed E-state index contributed by atoms with van der Waals surface area (Å²) in [7, 11) is 1.69. The first-order chi connectivity index (χ1) is 16.5. The number of rotatable bonds is 9. The van der Waals surface area contributed by atoms with Gasteiger partial charge in [-0.1, -0.05) is 29.8 Å². The molecule has 0 saturated carbocycles. The topological polar surface area (TPSA) is 76.2 Å². The number of hydrogen-bond acceptors (Lipinski definition) is 5. The van der Waals surface area contributed by atoms with Gasteiger partial charge in [0.25, 0.3) is 5.91 Å². The maximum absolute atomic E-state index is 12.8. The molecule has 188 valence electrons. The Bertz CT molecular complexity index is 1080. The van der Waals surface area contributed by atoms with Crippen LogP contribution in [-0.2, 0) is 16.0 Å². The van der Waals surface area contributed by atoms with Crippen LogP contribution in [-0.4, -0.2) is 55.0 Å². The van der Waals surface area contributed by atoms with Gasteiger partial charge >= 0.3 is 6.09 Å². The average molecular weight is 501 g/mol. The van der Waals surface area contributed by atoms with Crippen LogP contribution in [0.1, 0.15) is 56.0 Å². The van der Waals surface area contributed by atoms with E-state index < -0.39 is 5.60 Å². The number of likely N-dealkylation sites (N-methyl/N-ethyl adjacent to an activating group) is 1. The highest BCUT2D eigenvalue weighted by atomic mass is 35.5. The van der Waals surface area contributed by atoms with Crippen LogP contribution in [0.25, 0.3) is 0 Å². The SMILES string of the molecule is CN1C(=O)COc2cc(C(=O)CCCCN(CCc3ccccc3Cl)C(=O)OC(C)(C)C)ccc21. The van der Waals surface area contributed by atoms with E-state index in [1.807, 2.05) is 45.0 Å². The van der Waals surface area contributed by atoms with Crippen LogP contribution in [0.3, 0.4) is 0 Å². The second-order valence-electron chi connectivity index (χ2n) is 9.61. The summed E-state index contributed by atoms with van der Waals surface area (Å²) in [6, 6.07) is 12.7. The lowest BCUT2D eigenvalue weighted by molar-refractivity contribution is -0.120. The summed E-state index contributed by atoms with van der Waals surface area (Å²) < 4.78 is 11.1. The van der Waals surface area contributed by atoms with E-state index in [2.05, 4.69) is 0 Å². The molecule has 0 N–H and O–H groups in total. The Labute approximate surface area is 211 Å². The third kappa shape index (κ3) is 7.46. The van der Waals surface area contributed by atoms with Crippen molar-refractivity contribution in [3.05, 3.63) is 58.6 Å². The first-order valence-electron chi connectivity index (χ1n) is 11.8. The van der Waals surface area contributed by atoms with E-state index >= 15 is 0 Å². The van der Waals surface area contributed by atoms with Crippen molar-refractivity contribution in [3.63, 3.8) is 0 Å². The number of carbonyl (C=O) groups is 3. The van der Waals surface area contributed by atoms with Crippen molar-refractivity contribution in [2.24, 2.45) is 0 Å².